The highest BCUT2D eigenvalue weighted by Gasteiger charge is 2.24. The summed E-state index contributed by atoms with van der Waals surface area (Å²) in [5, 5.41) is 10.6. The van der Waals surface area contributed by atoms with Crippen LogP contribution < -0.4 is 9.47 Å². The first-order valence-corrected chi connectivity index (χ1v) is 10.3. The lowest BCUT2D eigenvalue weighted by Crippen LogP contribution is -2.14. The molecule has 0 unspecified atom stereocenters. The molecule has 0 saturated carbocycles. The fraction of sp³-hybridized carbons (Fsp3) is 0.120. The fourth-order valence-electron chi connectivity index (χ4n) is 3.22. The van der Waals surface area contributed by atoms with Crippen LogP contribution in [0.25, 0.3) is 5.57 Å². The Bertz CT molecular complexity index is 1170. The number of rotatable bonds is 8. The van der Waals surface area contributed by atoms with Crippen LogP contribution in [0, 0.1) is 0 Å². The zero-order valence-electron chi connectivity index (χ0n) is 17.4. The molecule has 0 bridgehead atoms. The summed E-state index contributed by atoms with van der Waals surface area (Å²) in [6, 6.07) is 18.1. The molecule has 0 aliphatic carbocycles. The van der Waals surface area contributed by atoms with Crippen LogP contribution >= 0.6 is 23.2 Å². The lowest BCUT2D eigenvalue weighted by Gasteiger charge is -2.14. The van der Waals surface area contributed by atoms with Gasteiger partial charge in [0, 0.05) is 17.6 Å². The largest absolute Gasteiger partial charge is 0.497 e. The Morgan fingerprint density at radius 3 is 1.81 bits per heavy atom. The first-order valence-electron chi connectivity index (χ1n) is 9.57. The summed E-state index contributed by atoms with van der Waals surface area (Å²) < 4.78 is 10.3. The van der Waals surface area contributed by atoms with Crippen molar-refractivity contribution in [3.8, 4) is 11.5 Å². The van der Waals surface area contributed by atoms with Crippen LogP contribution in [-0.4, -0.2) is 31.1 Å². The number of halogens is 2. The molecule has 0 atom stereocenters. The van der Waals surface area contributed by atoms with E-state index in [1.54, 1.807) is 55.6 Å². The van der Waals surface area contributed by atoms with E-state index in [1.165, 1.54) is 25.3 Å². The topological polar surface area (TPSA) is 72.8 Å². The van der Waals surface area contributed by atoms with E-state index in [0.29, 0.717) is 22.1 Å². The lowest BCUT2D eigenvalue weighted by atomic mass is 9.89. The molecule has 1 N–H and O–H groups in total. The third kappa shape index (κ3) is 5.31. The highest BCUT2D eigenvalue weighted by Crippen LogP contribution is 2.31. The molecule has 0 saturated heterocycles. The molecule has 164 valence electrons. The Morgan fingerprint density at radius 1 is 0.781 bits per heavy atom. The number of carbonyl (C=O) groups is 2. The quantitative estimate of drug-likeness (QED) is 0.324. The highest BCUT2D eigenvalue weighted by atomic mass is 35.5. The normalized spacial score (nSPS) is 11.5. The van der Waals surface area contributed by atoms with E-state index in [9.17, 15) is 14.7 Å². The van der Waals surface area contributed by atoms with Crippen molar-refractivity contribution >= 4 is 40.5 Å². The van der Waals surface area contributed by atoms with Crippen molar-refractivity contribution in [3.63, 3.8) is 0 Å². The average molecular weight is 471 g/mol. The summed E-state index contributed by atoms with van der Waals surface area (Å²) >= 11 is 12.1. The summed E-state index contributed by atoms with van der Waals surface area (Å²) in [6.07, 6.45) is 0.0940. The number of aliphatic carboxylic acids is 1. The second-order valence-electron chi connectivity index (χ2n) is 6.87. The molecule has 0 amide bonds. The van der Waals surface area contributed by atoms with Crippen molar-refractivity contribution in [2.75, 3.05) is 14.2 Å². The molecule has 0 spiro atoms. The third-order valence-electron chi connectivity index (χ3n) is 4.89. The molecular weight excluding hydrogens is 451 g/mol. The lowest BCUT2D eigenvalue weighted by molar-refractivity contribution is -0.130. The molecule has 0 fully saturated rings. The fourth-order valence-corrected chi connectivity index (χ4v) is 3.52. The number of ether oxygens (including phenoxy) is 2. The highest BCUT2D eigenvalue weighted by molar-refractivity contribution is 6.42. The van der Waals surface area contributed by atoms with E-state index >= 15 is 0 Å². The van der Waals surface area contributed by atoms with Crippen molar-refractivity contribution in [2.45, 2.75) is 6.42 Å². The van der Waals surface area contributed by atoms with Gasteiger partial charge in [0.2, 0.25) is 0 Å². The Morgan fingerprint density at radius 2 is 1.31 bits per heavy atom. The molecule has 7 heteroatoms. The number of carbonyl (C=O) groups excluding carboxylic acids is 1. The number of carboxylic acid groups (broad SMARTS) is 1. The number of benzene rings is 3. The van der Waals surface area contributed by atoms with Gasteiger partial charge in [0.1, 0.15) is 11.5 Å². The maximum atomic E-state index is 13.5. The third-order valence-corrected chi connectivity index (χ3v) is 5.63. The zero-order chi connectivity index (χ0) is 23.3. The van der Waals surface area contributed by atoms with Crippen LogP contribution in [0.5, 0.6) is 11.5 Å². The SMILES string of the molecule is COc1ccc(C/C(C(=O)c2ccc(OC)cc2)=C(/C(=O)O)c2ccc(Cl)c(Cl)c2)cc1. The minimum atomic E-state index is -1.24. The van der Waals surface area contributed by atoms with Gasteiger partial charge in [-0.2, -0.15) is 0 Å². The summed E-state index contributed by atoms with van der Waals surface area (Å²) in [5.41, 5.74) is 1.36. The predicted molar refractivity (Wildman–Crippen MR) is 125 cm³/mol. The van der Waals surface area contributed by atoms with Gasteiger partial charge >= 0.3 is 5.97 Å². The van der Waals surface area contributed by atoms with Crippen LogP contribution in [0.1, 0.15) is 21.5 Å². The van der Waals surface area contributed by atoms with E-state index in [4.69, 9.17) is 32.7 Å². The molecule has 0 radical (unpaired) electrons. The van der Waals surface area contributed by atoms with Crippen LogP contribution in [0.3, 0.4) is 0 Å². The molecule has 3 rings (SSSR count). The van der Waals surface area contributed by atoms with E-state index in [1.807, 2.05) is 0 Å². The molecule has 3 aromatic rings. The number of ketones is 1. The standard InChI is InChI=1S/C25H20Cl2O5/c1-31-18-8-3-15(4-9-18)13-20(24(28)16-5-10-19(32-2)11-6-16)23(25(29)30)17-7-12-21(26)22(27)14-17/h3-12,14H,13H2,1-2H3,(H,29,30)/b23-20-. The van der Waals surface area contributed by atoms with Gasteiger partial charge in [-0.15, -0.1) is 0 Å². The Kier molecular flexibility index (Phi) is 7.57. The summed E-state index contributed by atoms with van der Waals surface area (Å²) in [5.74, 6) is -0.408. The monoisotopic (exact) mass is 470 g/mol. The van der Waals surface area contributed by atoms with E-state index in [0.717, 1.165) is 5.56 Å². The van der Waals surface area contributed by atoms with Gasteiger partial charge in [-0.3, -0.25) is 4.79 Å². The molecule has 0 aliphatic heterocycles. The first kappa shape index (κ1) is 23.4. The van der Waals surface area contributed by atoms with Crippen LogP contribution in [0.4, 0.5) is 0 Å². The summed E-state index contributed by atoms with van der Waals surface area (Å²) in [7, 11) is 3.08. The second-order valence-corrected chi connectivity index (χ2v) is 7.68. The number of hydrogen-bond acceptors (Lipinski definition) is 4. The Balaban J connectivity index is 2.17. The van der Waals surface area contributed by atoms with Crippen molar-refractivity contribution in [1.82, 2.24) is 0 Å². The minimum absolute atomic E-state index is 0.0940. The van der Waals surface area contributed by atoms with Crippen molar-refractivity contribution < 1.29 is 24.2 Å². The average Bonchev–Trinajstić information content (AvgIpc) is 2.80. The number of allylic oxidation sites excluding steroid dienone is 1. The molecule has 0 heterocycles. The predicted octanol–water partition coefficient (Wildman–Crippen LogP) is 5.97. The molecule has 0 aliphatic rings. The second kappa shape index (κ2) is 10.4. The summed E-state index contributed by atoms with van der Waals surface area (Å²) in [4.78, 5) is 25.8. The van der Waals surface area contributed by atoms with Gasteiger partial charge in [-0.1, -0.05) is 41.4 Å². The number of methoxy groups -OCH3 is 2. The summed E-state index contributed by atoms with van der Waals surface area (Å²) in [6.45, 7) is 0. The van der Waals surface area contributed by atoms with Gasteiger partial charge in [0.25, 0.3) is 0 Å². The molecule has 0 aromatic heterocycles. The van der Waals surface area contributed by atoms with Gasteiger partial charge < -0.3 is 14.6 Å². The van der Waals surface area contributed by atoms with E-state index in [-0.39, 0.29) is 28.2 Å². The van der Waals surface area contributed by atoms with Crippen molar-refractivity contribution in [2.24, 2.45) is 0 Å². The maximum absolute atomic E-state index is 13.5. The smallest absolute Gasteiger partial charge is 0.336 e. The van der Waals surface area contributed by atoms with Gasteiger partial charge in [-0.05, 0) is 59.7 Å². The van der Waals surface area contributed by atoms with Gasteiger partial charge in [0.15, 0.2) is 5.78 Å². The van der Waals surface area contributed by atoms with Crippen LogP contribution in [-0.2, 0) is 11.2 Å². The van der Waals surface area contributed by atoms with E-state index < -0.39 is 11.8 Å². The molecule has 3 aromatic carbocycles. The molecular formula is C25H20Cl2O5. The van der Waals surface area contributed by atoms with Crippen molar-refractivity contribution in [3.05, 3.63) is 99.0 Å². The van der Waals surface area contributed by atoms with Gasteiger partial charge in [0.05, 0.1) is 29.8 Å². The number of Topliss-reactive ketones (excluding diaryl/α,β-unsaturated/α-hetero) is 1. The Labute approximate surface area is 195 Å². The number of carboxylic acids is 1. The number of hydrogen-bond donors (Lipinski definition) is 1. The van der Waals surface area contributed by atoms with Gasteiger partial charge in [-0.25, -0.2) is 4.79 Å². The molecule has 5 nitrogen and oxygen atoms in total. The maximum Gasteiger partial charge on any atom is 0.336 e. The van der Waals surface area contributed by atoms with Crippen LogP contribution in [0.15, 0.2) is 72.3 Å². The Hall–Kier alpha value is -3.28. The van der Waals surface area contributed by atoms with E-state index in [2.05, 4.69) is 0 Å². The van der Waals surface area contributed by atoms with Crippen molar-refractivity contribution in [1.29, 1.82) is 0 Å². The first-order chi connectivity index (χ1) is 15.3. The minimum Gasteiger partial charge on any atom is -0.497 e. The van der Waals surface area contributed by atoms with Crippen LogP contribution in [0.2, 0.25) is 10.0 Å². The molecule has 32 heavy (non-hydrogen) atoms. The zero-order valence-corrected chi connectivity index (χ0v) is 18.9.